The Morgan fingerprint density at radius 3 is 2.71 bits per heavy atom. The van der Waals surface area contributed by atoms with Crippen LogP contribution in [0.4, 0.5) is 5.69 Å². The van der Waals surface area contributed by atoms with Crippen molar-refractivity contribution >= 4 is 15.7 Å². The monoisotopic (exact) mass is 256 g/mol. The quantitative estimate of drug-likeness (QED) is 0.751. The molecule has 0 spiro atoms. The van der Waals surface area contributed by atoms with E-state index in [2.05, 4.69) is 0 Å². The summed E-state index contributed by atoms with van der Waals surface area (Å²) >= 11 is 0. The molecule has 2 rings (SSSR count). The van der Waals surface area contributed by atoms with Crippen molar-refractivity contribution in [2.24, 2.45) is 0 Å². The van der Waals surface area contributed by atoms with Crippen LogP contribution in [-0.4, -0.2) is 36.5 Å². The van der Waals surface area contributed by atoms with Gasteiger partial charge in [-0.2, -0.15) is 4.31 Å². The number of sulfonamides is 1. The van der Waals surface area contributed by atoms with Crippen molar-refractivity contribution < 1.29 is 13.5 Å². The van der Waals surface area contributed by atoms with Crippen molar-refractivity contribution in [1.29, 1.82) is 0 Å². The molecule has 94 valence electrons. The van der Waals surface area contributed by atoms with E-state index in [-0.39, 0.29) is 11.4 Å². The standard InChI is InChI=1S/C11H16N2O3S/c1-11(14)5-6-13(8-11)17(15,16)10-4-2-3-9(12)7-10/h2-4,7,14H,5-6,8,12H2,1H3. The van der Waals surface area contributed by atoms with Gasteiger partial charge < -0.3 is 10.8 Å². The summed E-state index contributed by atoms with van der Waals surface area (Å²) in [7, 11) is -3.54. The van der Waals surface area contributed by atoms with Crippen LogP contribution in [-0.2, 0) is 10.0 Å². The third-order valence-electron chi connectivity index (χ3n) is 2.91. The topological polar surface area (TPSA) is 83.6 Å². The van der Waals surface area contributed by atoms with E-state index in [0.29, 0.717) is 18.7 Å². The van der Waals surface area contributed by atoms with Crippen molar-refractivity contribution in [1.82, 2.24) is 4.31 Å². The molecular weight excluding hydrogens is 240 g/mol. The van der Waals surface area contributed by atoms with Gasteiger partial charge in [-0.1, -0.05) is 6.07 Å². The van der Waals surface area contributed by atoms with Crippen LogP contribution in [0.15, 0.2) is 29.2 Å². The summed E-state index contributed by atoms with van der Waals surface area (Å²) < 4.78 is 25.8. The first-order valence-electron chi connectivity index (χ1n) is 5.39. The smallest absolute Gasteiger partial charge is 0.243 e. The maximum atomic E-state index is 12.2. The average molecular weight is 256 g/mol. The second kappa shape index (κ2) is 3.97. The Kier molecular flexibility index (Phi) is 2.89. The molecule has 0 amide bonds. The molecule has 1 unspecified atom stereocenters. The molecule has 6 heteroatoms. The van der Waals surface area contributed by atoms with Crippen molar-refractivity contribution in [3.8, 4) is 0 Å². The van der Waals surface area contributed by atoms with Gasteiger partial charge in [0.15, 0.2) is 0 Å². The molecule has 5 nitrogen and oxygen atoms in total. The number of aliphatic hydroxyl groups is 1. The number of hydrogen-bond donors (Lipinski definition) is 2. The Morgan fingerprint density at radius 2 is 2.18 bits per heavy atom. The molecular formula is C11H16N2O3S. The number of nitrogens with zero attached hydrogens (tertiary/aromatic N) is 1. The van der Waals surface area contributed by atoms with Crippen molar-refractivity contribution in [3.63, 3.8) is 0 Å². The lowest BCUT2D eigenvalue weighted by Crippen LogP contribution is -2.33. The predicted octanol–water partition coefficient (Wildman–Crippen LogP) is 0.414. The fourth-order valence-corrected chi connectivity index (χ4v) is 3.55. The number of nitrogen functional groups attached to an aromatic ring is 1. The lowest BCUT2D eigenvalue weighted by Gasteiger charge is -2.19. The first-order valence-corrected chi connectivity index (χ1v) is 6.83. The summed E-state index contributed by atoms with van der Waals surface area (Å²) in [5, 5.41) is 9.80. The summed E-state index contributed by atoms with van der Waals surface area (Å²) in [4.78, 5) is 0.176. The van der Waals surface area contributed by atoms with Gasteiger partial charge in [0.25, 0.3) is 0 Å². The van der Waals surface area contributed by atoms with E-state index in [1.165, 1.54) is 16.4 Å². The average Bonchev–Trinajstić information content (AvgIpc) is 2.59. The molecule has 0 aromatic heterocycles. The molecule has 17 heavy (non-hydrogen) atoms. The predicted molar refractivity (Wildman–Crippen MR) is 64.9 cm³/mol. The van der Waals surface area contributed by atoms with Crippen LogP contribution in [0.25, 0.3) is 0 Å². The van der Waals surface area contributed by atoms with Crippen LogP contribution in [0.5, 0.6) is 0 Å². The molecule has 0 saturated carbocycles. The third kappa shape index (κ3) is 2.43. The minimum Gasteiger partial charge on any atom is -0.399 e. The number of β-amino-alcohol motifs (C(OH)–C–C–N with tert-alkyl or cyclic N) is 1. The number of anilines is 1. The van der Waals surface area contributed by atoms with E-state index < -0.39 is 15.6 Å². The van der Waals surface area contributed by atoms with Gasteiger partial charge in [-0.15, -0.1) is 0 Å². The molecule has 1 fully saturated rings. The first kappa shape index (κ1) is 12.3. The van der Waals surface area contributed by atoms with E-state index in [0.717, 1.165) is 0 Å². The summed E-state index contributed by atoms with van der Waals surface area (Å²) in [6.45, 7) is 2.11. The highest BCUT2D eigenvalue weighted by Gasteiger charge is 2.38. The minimum atomic E-state index is -3.54. The number of hydrogen-bond acceptors (Lipinski definition) is 4. The Labute approximate surface area is 101 Å². The van der Waals surface area contributed by atoms with Gasteiger partial charge >= 0.3 is 0 Å². The van der Waals surface area contributed by atoms with Crippen molar-refractivity contribution in [2.75, 3.05) is 18.8 Å². The lowest BCUT2D eigenvalue weighted by molar-refractivity contribution is 0.0762. The lowest BCUT2D eigenvalue weighted by atomic mass is 10.1. The van der Waals surface area contributed by atoms with Crippen molar-refractivity contribution in [3.05, 3.63) is 24.3 Å². The van der Waals surface area contributed by atoms with E-state index in [4.69, 9.17) is 5.73 Å². The van der Waals surface area contributed by atoms with Gasteiger partial charge in [0.1, 0.15) is 0 Å². The van der Waals surface area contributed by atoms with Crippen LogP contribution >= 0.6 is 0 Å². The van der Waals surface area contributed by atoms with Crippen LogP contribution in [0.1, 0.15) is 13.3 Å². The van der Waals surface area contributed by atoms with Crippen molar-refractivity contribution in [2.45, 2.75) is 23.8 Å². The SMILES string of the molecule is CC1(O)CCN(S(=O)(=O)c2cccc(N)c2)C1. The van der Waals surface area contributed by atoms with E-state index in [9.17, 15) is 13.5 Å². The molecule has 1 aliphatic heterocycles. The second-order valence-corrected chi connectivity index (χ2v) is 6.60. The van der Waals surface area contributed by atoms with Gasteiger partial charge in [0.05, 0.1) is 10.5 Å². The second-order valence-electron chi connectivity index (χ2n) is 4.66. The molecule has 1 atom stereocenters. The van der Waals surface area contributed by atoms with Gasteiger partial charge in [-0.25, -0.2) is 8.42 Å². The summed E-state index contributed by atoms with van der Waals surface area (Å²) in [5.74, 6) is 0. The Hall–Kier alpha value is -1.11. The maximum Gasteiger partial charge on any atom is 0.243 e. The highest BCUT2D eigenvalue weighted by atomic mass is 32.2. The molecule has 0 bridgehead atoms. The zero-order chi connectivity index (χ0) is 12.7. The van der Waals surface area contributed by atoms with Gasteiger partial charge in [0, 0.05) is 18.8 Å². The number of nitrogens with two attached hydrogens (primary N) is 1. The van der Waals surface area contributed by atoms with Crippen LogP contribution in [0.3, 0.4) is 0 Å². The molecule has 1 saturated heterocycles. The summed E-state index contributed by atoms with van der Waals surface area (Å²) in [5.41, 5.74) is 5.05. The Bertz CT molecular complexity index is 525. The van der Waals surface area contributed by atoms with Gasteiger partial charge in [-0.05, 0) is 31.5 Å². The molecule has 0 radical (unpaired) electrons. The zero-order valence-corrected chi connectivity index (χ0v) is 10.4. The van der Waals surface area contributed by atoms with E-state index >= 15 is 0 Å². The molecule has 3 N–H and O–H groups in total. The molecule has 1 aromatic rings. The highest BCUT2D eigenvalue weighted by Crippen LogP contribution is 2.27. The minimum absolute atomic E-state index is 0.129. The van der Waals surface area contributed by atoms with E-state index in [1.807, 2.05) is 0 Å². The molecule has 0 aliphatic carbocycles. The molecule has 1 aliphatic rings. The Morgan fingerprint density at radius 1 is 1.47 bits per heavy atom. The Balaban J connectivity index is 2.32. The van der Waals surface area contributed by atoms with Crippen LogP contribution in [0.2, 0.25) is 0 Å². The van der Waals surface area contributed by atoms with Crippen LogP contribution in [0, 0.1) is 0 Å². The largest absolute Gasteiger partial charge is 0.399 e. The number of rotatable bonds is 2. The third-order valence-corrected chi connectivity index (χ3v) is 4.75. The number of benzene rings is 1. The molecule has 1 aromatic carbocycles. The van der Waals surface area contributed by atoms with Crippen LogP contribution < -0.4 is 5.73 Å². The maximum absolute atomic E-state index is 12.2. The fraction of sp³-hybridized carbons (Fsp3) is 0.455. The summed E-state index contributed by atoms with van der Waals surface area (Å²) in [6, 6.07) is 6.19. The van der Waals surface area contributed by atoms with E-state index in [1.54, 1.807) is 19.1 Å². The summed E-state index contributed by atoms with van der Waals surface area (Å²) in [6.07, 6.45) is 0.453. The fourth-order valence-electron chi connectivity index (χ4n) is 1.93. The highest BCUT2D eigenvalue weighted by molar-refractivity contribution is 7.89. The normalized spacial score (nSPS) is 26.2. The molecule has 1 heterocycles. The van der Waals surface area contributed by atoms with Gasteiger partial charge in [0.2, 0.25) is 10.0 Å². The van der Waals surface area contributed by atoms with Gasteiger partial charge in [-0.3, -0.25) is 0 Å². The zero-order valence-electron chi connectivity index (χ0n) is 9.63. The first-order chi connectivity index (χ1) is 7.81.